The van der Waals surface area contributed by atoms with Gasteiger partial charge in [0.2, 0.25) is 0 Å². The Morgan fingerprint density at radius 2 is 1.81 bits per heavy atom. The predicted octanol–water partition coefficient (Wildman–Crippen LogP) is 5.12. The van der Waals surface area contributed by atoms with E-state index >= 15 is 0 Å². The van der Waals surface area contributed by atoms with E-state index in [2.05, 4.69) is 4.98 Å². The van der Waals surface area contributed by atoms with Crippen LogP contribution in [0.15, 0.2) is 66.9 Å². The third kappa shape index (κ3) is 4.18. The number of hydrogen-bond donors (Lipinski definition) is 3. The van der Waals surface area contributed by atoms with Gasteiger partial charge < -0.3 is 30.7 Å². The van der Waals surface area contributed by atoms with Gasteiger partial charge in [-0.05, 0) is 36.8 Å². The minimum atomic E-state index is -0.487. The number of methoxy groups -OCH3 is 1. The molecular formula is C25H24FN3O3. The molecule has 3 aromatic carbocycles. The highest BCUT2D eigenvalue weighted by Gasteiger charge is 2.18. The fraction of sp³-hybridized carbons (Fsp3) is 0.120. The molecule has 32 heavy (non-hydrogen) atoms. The molecule has 0 saturated heterocycles. The number of ether oxygens (including phenoxy) is 3. The van der Waals surface area contributed by atoms with E-state index < -0.39 is 5.82 Å². The number of fused-ring (bicyclic) bond motifs is 1. The smallest absolute Gasteiger partial charge is 0.175 e. The van der Waals surface area contributed by atoms with Crippen molar-refractivity contribution in [1.29, 1.82) is 0 Å². The first-order chi connectivity index (χ1) is 15.5. The molecule has 6 nitrogen and oxygen atoms in total. The molecule has 0 aliphatic rings. The van der Waals surface area contributed by atoms with Gasteiger partial charge in [-0.25, -0.2) is 4.39 Å². The summed E-state index contributed by atoms with van der Waals surface area (Å²) in [7, 11) is 1.53. The van der Waals surface area contributed by atoms with E-state index in [1.807, 2.05) is 37.3 Å². The highest BCUT2D eigenvalue weighted by molar-refractivity contribution is 5.83. The molecule has 0 amide bonds. The third-order valence-electron chi connectivity index (χ3n) is 5.05. The van der Waals surface area contributed by atoms with Gasteiger partial charge in [-0.1, -0.05) is 30.3 Å². The number of benzene rings is 3. The normalized spacial score (nSPS) is 11.5. The Balaban J connectivity index is 1.62. The van der Waals surface area contributed by atoms with Gasteiger partial charge >= 0.3 is 0 Å². The molecule has 0 saturated carbocycles. The van der Waals surface area contributed by atoms with Crippen LogP contribution in [0.2, 0.25) is 0 Å². The lowest BCUT2D eigenvalue weighted by Gasteiger charge is -2.17. The summed E-state index contributed by atoms with van der Waals surface area (Å²) < 4.78 is 32.2. The van der Waals surface area contributed by atoms with Crippen LogP contribution in [0.1, 0.15) is 16.8 Å². The summed E-state index contributed by atoms with van der Waals surface area (Å²) in [6, 6.07) is 18.1. The highest BCUT2D eigenvalue weighted by atomic mass is 19.1. The molecule has 0 aliphatic carbocycles. The SMILES string of the molecule is COc1cc(/C(=C\N)Oc2ccc3[nH]c(C)cc3c2F)c(N)cc1OCc1ccccc1. The molecule has 4 aromatic rings. The number of aromatic amines is 1. The summed E-state index contributed by atoms with van der Waals surface area (Å²) in [4.78, 5) is 3.09. The lowest BCUT2D eigenvalue weighted by Crippen LogP contribution is -2.05. The van der Waals surface area contributed by atoms with Crippen LogP contribution >= 0.6 is 0 Å². The Bertz CT molecular complexity index is 1280. The van der Waals surface area contributed by atoms with Crippen molar-refractivity contribution >= 4 is 22.3 Å². The summed E-state index contributed by atoms with van der Waals surface area (Å²) in [5.41, 5.74) is 15.4. The lowest BCUT2D eigenvalue weighted by atomic mass is 10.1. The fourth-order valence-electron chi connectivity index (χ4n) is 3.46. The minimum absolute atomic E-state index is 0.0379. The number of aryl methyl sites for hydroxylation is 1. The average molecular weight is 433 g/mol. The molecular weight excluding hydrogens is 409 g/mol. The number of anilines is 1. The van der Waals surface area contributed by atoms with Gasteiger partial charge in [0.05, 0.1) is 7.11 Å². The summed E-state index contributed by atoms with van der Waals surface area (Å²) in [6.45, 7) is 2.22. The number of halogens is 1. The van der Waals surface area contributed by atoms with E-state index in [0.717, 1.165) is 11.3 Å². The van der Waals surface area contributed by atoms with Crippen molar-refractivity contribution in [2.24, 2.45) is 5.73 Å². The Morgan fingerprint density at radius 1 is 1.03 bits per heavy atom. The standard InChI is InChI=1S/C25H24FN3O3/c1-15-10-18-20(29-15)8-9-21(25(18)26)32-24(13-27)17-11-22(30-2)23(12-19(17)28)31-14-16-6-4-3-5-7-16/h3-13,29H,14,27-28H2,1-2H3/b24-13+. The minimum Gasteiger partial charge on any atom is -0.493 e. The third-order valence-corrected chi connectivity index (χ3v) is 5.05. The molecule has 0 fully saturated rings. The van der Waals surface area contributed by atoms with Gasteiger partial charge in [-0.3, -0.25) is 0 Å². The first-order valence-corrected chi connectivity index (χ1v) is 10.0. The van der Waals surface area contributed by atoms with Crippen LogP contribution in [0.4, 0.5) is 10.1 Å². The van der Waals surface area contributed by atoms with Crippen LogP contribution in [0.5, 0.6) is 17.2 Å². The number of aromatic nitrogens is 1. The van der Waals surface area contributed by atoms with Crippen LogP contribution in [-0.4, -0.2) is 12.1 Å². The van der Waals surface area contributed by atoms with Gasteiger partial charge in [-0.15, -0.1) is 0 Å². The van der Waals surface area contributed by atoms with Crippen LogP contribution in [0.3, 0.4) is 0 Å². The zero-order valence-corrected chi connectivity index (χ0v) is 17.8. The maximum absolute atomic E-state index is 15.0. The zero-order valence-electron chi connectivity index (χ0n) is 17.8. The van der Waals surface area contributed by atoms with Crippen molar-refractivity contribution in [2.45, 2.75) is 13.5 Å². The number of nitrogens with one attached hydrogen (secondary N) is 1. The van der Waals surface area contributed by atoms with E-state index in [1.54, 1.807) is 30.3 Å². The number of H-pyrrole nitrogens is 1. The molecule has 0 unspecified atom stereocenters. The summed E-state index contributed by atoms with van der Waals surface area (Å²) in [6.07, 6.45) is 1.24. The first-order valence-electron chi connectivity index (χ1n) is 10.0. The molecule has 1 aromatic heterocycles. The second kappa shape index (κ2) is 8.93. The number of nitrogens with two attached hydrogens (primary N) is 2. The summed E-state index contributed by atoms with van der Waals surface area (Å²) in [5, 5.41) is 0.437. The zero-order chi connectivity index (χ0) is 22.7. The molecule has 0 aliphatic heterocycles. The van der Waals surface area contributed by atoms with E-state index in [1.165, 1.54) is 13.3 Å². The van der Waals surface area contributed by atoms with Gasteiger partial charge in [-0.2, -0.15) is 0 Å². The van der Waals surface area contributed by atoms with Gasteiger partial charge in [0.1, 0.15) is 6.61 Å². The van der Waals surface area contributed by atoms with E-state index in [9.17, 15) is 4.39 Å². The van der Waals surface area contributed by atoms with Crippen molar-refractivity contribution in [3.05, 3.63) is 89.5 Å². The second-order valence-corrected chi connectivity index (χ2v) is 7.29. The second-order valence-electron chi connectivity index (χ2n) is 7.29. The van der Waals surface area contributed by atoms with E-state index in [4.69, 9.17) is 25.7 Å². The Labute approximate surface area is 185 Å². The topological polar surface area (TPSA) is 95.5 Å². The van der Waals surface area contributed by atoms with E-state index in [-0.39, 0.29) is 11.5 Å². The van der Waals surface area contributed by atoms with Crippen molar-refractivity contribution in [1.82, 2.24) is 4.98 Å². The number of rotatable bonds is 7. The molecule has 1 heterocycles. The molecule has 164 valence electrons. The van der Waals surface area contributed by atoms with Crippen LogP contribution in [0.25, 0.3) is 16.7 Å². The maximum Gasteiger partial charge on any atom is 0.175 e. The predicted molar refractivity (Wildman–Crippen MR) is 124 cm³/mol. The molecule has 0 bridgehead atoms. The molecule has 5 N–H and O–H groups in total. The maximum atomic E-state index is 15.0. The molecule has 7 heteroatoms. The Hall–Kier alpha value is -4.13. The van der Waals surface area contributed by atoms with Crippen molar-refractivity contribution in [2.75, 3.05) is 12.8 Å². The summed E-state index contributed by atoms with van der Waals surface area (Å²) >= 11 is 0. The van der Waals surface area contributed by atoms with Crippen LogP contribution in [-0.2, 0) is 6.61 Å². The largest absolute Gasteiger partial charge is 0.493 e. The number of nitrogen functional groups attached to an aromatic ring is 1. The van der Waals surface area contributed by atoms with Gasteiger partial charge in [0.15, 0.2) is 28.8 Å². The quantitative estimate of drug-likeness (QED) is 0.278. The van der Waals surface area contributed by atoms with Gasteiger partial charge in [0.25, 0.3) is 0 Å². The van der Waals surface area contributed by atoms with Crippen molar-refractivity contribution in [3.63, 3.8) is 0 Å². The Morgan fingerprint density at radius 3 is 2.53 bits per heavy atom. The fourth-order valence-corrected chi connectivity index (χ4v) is 3.46. The molecule has 0 spiro atoms. The van der Waals surface area contributed by atoms with E-state index in [0.29, 0.717) is 40.3 Å². The van der Waals surface area contributed by atoms with Crippen LogP contribution < -0.4 is 25.7 Å². The Kier molecular flexibility index (Phi) is 5.89. The monoisotopic (exact) mass is 433 g/mol. The highest BCUT2D eigenvalue weighted by Crippen LogP contribution is 2.37. The molecule has 4 rings (SSSR count). The number of hydrogen-bond acceptors (Lipinski definition) is 5. The summed E-state index contributed by atoms with van der Waals surface area (Å²) in [5.74, 6) is 0.672. The van der Waals surface area contributed by atoms with Gasteiger partial charge in [0, 0.05) is 40.1 Å². The molecule has 0 atom stereocenters. The lowest BCUT2D eigenvalue weighted by molar-refractivity contribution is 0.284. The van der Waals surface area contributed by atoms with Crippen molar-refractivity contribution in [3.8, 4) is 17.2 Å². The molecule has 0 radical (unpaired) electrons. The van der Waals surface area contributed by atoms with Crippen LogP contribution in [0, 0.1) is 12.7 Å². The van der Waals surface area contributed by atoms with Crippen molar-refractivity contribution < 1.29 is 18.6 Å². The first kappa shape index (κ1) is 21.1. The average Bonchev–Trinajstić information content (AvgIpc) is 3.19.